The van der Waals surface area contributed by atoms with Gasteiger partial charge in [-0.3, -0.25) is 0 Å². The van der Waals surface area contributed by atoms with E-state index in [2.05, 4.69) is 8.20 Å². The second kappa shape index (κ2) is 9.22. The number of hydrogen-bond donors (Lipinski definition) is 2. The van der Waals surface area contributed by atoms with Crippen molar-refractivity contribution in [3.8, 4) is 11.5 Å². The molecule has 0 bridgehead atoms. The van der Waals surface area contributed by atoms with Gasteiger partial charge in [0.1, 0.15) is 0 Å². The van der Waals surface area contributed by atoms with E-state index in [9.17, 15) is 12.8 Å². The number of para-hydroxylation sites is 2. The van der Waals surface area contributed by atoms with Crippen molar-refractivity contribution < 1.29 is 28.9 Å². The Bertz CT molecular complexity index is 1010. The molecule has 8 nitrogen and oxygen atoms in total. The Labute approximate surface area is 170 Å². The van der Waals surface area contributed by atoms with E-state index in [0.717, 1.165) is 0 Å². The molecule has 2 atom stereocenters. The second-order valence-corrected chi connectivity index (χ2v) is 15.3. The normalized spacial score (nSPS) is 15.2. The summed E-state index contributed by atoms with van der Waals surface area (Å²) >= 11 is -10.5. The predicted octanol–water partition coefficient (Wildman–Crippen LogP) is 0.845. The third-order valence-corrected chi connectivity index (χ3v) is 10.9. The molecule has 0 aliphatic carbocycles. The molecule has 3 aromatic carbocycles. The number of benzene rings is 3. The van der Waals surface area contributed by atoms with E-state index in [1.54, 1.807) is 48.5 Å². The minimum absolute atomic E-state index is 0.0680. The summed E-state index contributed by atoms with van der Waals surface area (Å²) in [5.41, 5.74) is 0. The van der Waals surface area contributed by atoms with Crippen LogP contribution in [0.3, 0.4) is 0 Å². The van der Waals surface area contributed by atoms with Crippen LogP contribution in [-0.2, 0) is 14.2 Å². The monoisotopic (exact) mass is 602 g/mol. The standard InChI is InChI=1S/C6H6O4.2C6H5.2H2O.2O.2Sb/c7-5-3-1-2-4-6(5)9-10-8;2*1-2-4-6-5-3-1;;;;;;/h1-4,7-8H;2*1-5H;2*1H2;;;;/q;;;;;;;2*+2/p-4. The van der Waals surface area contributed by atoms with Crippen LogP contribution in [0.15, 0.2) is 84.9 Å². The first kappa shape index (κ1) is 21.1. The molecule has 0 saturated heterocycles. The average molecular weight is 604 g/mol. The van der Waals surface area contributed by atoms with Gasteiger partial charge < -0.3 is 0 Å². The molecule has 10 heteroatoms. The van der Waals surface area contributed by atoms with Crippen molar-refractivity contribution in [2.75, 3.05) is 0 Å². The molecule has 28 heavy (non-hydrogen) atoms. The molecule has 0 heterocycles. The Balaban J connectivity index is 1.69. The van der Waals surface area contributed by atoms with Crippen LogP contribution >= 0.6 is 0 Å². The van der Waals surface area contributed by atoms with Crippen LogP contribution < -0.4 is 14.9 Å². The molecule has 3 aromatic rings. The average Bonchev–Trinajstić information content (AvgIpc) is 2.70. The molecule has 0 amide bonds. The Hall–Kier alpha value is -1.66. The molecule has 0 aromatic heterocycles. The van der Waals surface area contributed by atoms with Gasteiger partial charge >= 0.3 is 172 Å². The molecule has 2 N–H and O–H groups in total. The van der Waals surface area contributed by atoms with Crippen molar-refractivity contribution >= 4 is 46.3 Å². The molecule has 0 fully saturated rings. The van der Waals surface area contributed by atoms with Crippen molar-refractivity contribution in [2.45, 2.75) is 0 Å². The summed E-state index contributed by atoms with van der Waals surface area (Å²) in [6.07, 6.45) is 0. The molecule has 2 unspecified atom stereocenters. The fourth-order valence-corrected chi connectivity index (χ4v) is 7.34. The summed E-state index contributed by atoms with van der Waals surface area (Å²) in [6.45, 7) is 0. The maximum absolute atomic E-state index is 12.6. The van der Waals surface area contributed by atoms with Crippen molar-refractivity contribution in [3.05, 3.63) is 84.9 Å². The van der Waals surface area contributed by atoms with Gasteiger partial charge in [-0.2, -0.15) is 0 Å². The van der Waals surface area contributed by atoms with Gasteiger partial charge in [-0.05, 0) is 0 Å². The van der Waals surface area contributed by atoms with Gasteiger partial charge in [0.2, 0.25) is 0 Å². The van der Waals surface area contributed by atoms with Gasteiger partial charge in [-0.25, -0.2) is 0 Å². The van der Waals surface area contributed by atoms with Gasteiger partial charge in [0.25, 0.3) is 0 Å². The van der Waals surface area contributed by atoms with Crippen LogP contribution in [0, 0.1) is 0 Å². The van der Waals surface area contributed by atoms with Gasteiger partial charge in [0.05, 0.1) is 0 Å². The van der Waals surface area contributed by atoms with Crippen LogP contribution in [0.2, 0.25) is 0 Å². The van der Waals surface area contributed by atoms with E-state index in [4.69, 9.17) is 7.90 Å². The fraction of sp³-hybridized carbons (Fsp3) is 0. The Morgan fingerprint density at radius 3 is 1.64 bits per heavy atom. The van der Waals surface area contributed by atoms with Crippen LogP contribution in [0.25, 0.3) is 0 Å². The zero-order valence-corrected chi connectivity index (χ0v) is 19.4. The first-order valence-corrected chi connectivity index (χ1v) is 17.0. The van der Waals surface area contributed by atoms with Gasteiger partial charge in [-0.15, -0.1) is 0 Å². The molecule has 146 valence electrons. The molecule has 0 aliphatic heterocycles. The molecular formula is C18H16O8Sb2. The summed E-state index contributed by atoms with van der Waals surface area (Å²) in [7, 11) is 0. The minimum atomic E-state index is -5.28. The van der Waals surface area contributed by atoms with E-state index in [-0.39, 0.29) is 18.5 Å². The van der Waals surface area contributed by atoms with E-state index in [1.165, 1.54) is 36.4 Å². The summed E-state index contributed by atoms with van der Waals surface area (Å²) in [5, 5.41) is 4.48. The number of rotatable bonds is 8. The molecule has 0 spiro atoms. The van der Waals surface area contributed by atoms with Gasteiger partial charge in [0, 0.05) is 0 Å². The van der Waals surface area contributed by atoms with Gasteiger partial charge in [-0.1, -0.05) is 0 Å². The first-order chi connectivity index (χ1) is 13.4. The summed E-state index contributed by atoms with van der Waals surface area (Å²) in [4.78, 5) is 4.90. The zero-order chi connectivity index (χ0) is 20.0. The number of hydrogen-bond acceptors (Lipinski definition) is 6. The Kier molecular flexibility index (Phi) is 6.94. The second-order valence-electron chi connectivity index (χ2n) is 5.48. The SMILES string of the molecule is [O]=[Sb]([OH])([O]OOc1ccccc1[O][Sb](=[O])([OH])[c]1ccccc1)[c]1ccccc1. The van der Waals surface area contributed by atoms with E-state index in [0.29, 0.717) is 0 Å². The van der Waals surface area contributed by atoms with E-state index < -0.39 is 39.3 Å². The topological polar surface area (TPSA) is 112 Å². The maximum atomic E-state index is 12.6. The predicted molar refractivity (Wildman–Crippen MR) is 99.3 cm³/mol. The third-order valence-electron chi connectivity index (χ3n) is 3.49. The van der Waals surface area contributed by atoms with Crippen LogP contribution in [0.1, 0.15) is 0 Å². The molecule has 0 radical (unpaired) electrons. The molecule has 0 aliphatic rings. The summed E-state index contributed by atoms with van der Waals surface area (Å²) in [5.74, 6) is -0.156. The Morgan fingerprint density at radius 2 is 1.07 bits per heavy atom. The summed E-state index contributed by atoms with van der Waals surface area (Å²) < 4.78 is 55.2. The molecular weight excluding hydrogens is 588 g/mol. The van der Waals surface area contributed by atoms with E-state index >= 15 is 0 Å². The van der Waals surface area contributed by atoms with Gasteiger partial charge in [0.15, 0.2) is 0 Å². The van der Waals surface area contributed by atoms with Crippen molar-refractivity contribution in [1.29, 1.82) is 0 Å². The molecule has 3 rings (SSSR count). The molecule has 0 saturated carbocycles. The van der Waals surface area contributed by atoms with Crippen molar-refractivity contribution in [1.82, 2.24) is 0 Å². The van der Waals surface area contributed by atoms with Crippen molar-refractivity contribution in [2.24, 2.45) is 0 Å². The van der Waals surface area contributed by atoms with Crippen LogP contribution in [-0.4, -0.2) is 46.0 Å². The van der Waals surface area contributed by atoms with Crippen LogP contribution in [0.5, 0.6) is 11.5 Å². The van der Waals surface area contributed by atoms with Crippen LogP contribution in [0.4, 0.5) is 0 Å². The fourth-order valence-electron chi connectivity index (χ4n) is 2.15. The first-order valence-electron chi connectivity index (χ1n) is 7.97. The summed E-state index contributed by atoms with van der Waals surface area (Å²) in [6, 6.07) is 21.6. The third kappa shape index (κ3) is 5.44. The quantitative estimate of drug-likeness (QED) is 0.222. The Morgan fingerprint density at radius 1 is 0.607 bits per heavy atom. The zero-order valence-electron chi connectivity index (χ0n) is 14.3. The van der Waals surface area contributed by atoms with Crippen molar-refractivity contribution in [3.63, 3.8) is 0 Å². The van der Waals surface area contributed by atoms with E-state index in [1.807, 2.05) is 0 Å².